The van der Waals surface area contributed by atoms with E-state index in [0.717, 1.165) is 12.8 Å². The number of carbonyl (C=O) groups excluding carboxylic acids is 4. The van der Waals surface area contributed by atoms with E-state index in [4.69, 9.17) is 4.74 Å². The number of amides is 1. The van der Waals surface area contributed by atoms with E-state index in [1.54, 1.807) is 13.8 Å². The molecule has 0 unspecified atom stereocenters. The van der Waals surface area contributed by atoms with E-state index in [9.17, 15) is 19.2 Å². The molecule has 0 aliphatic rings. The molecular formula is C15H25NO6. The highest BCUT2D eigenvalue weighted by molar-refractivity contribution is 5.98. The summed E-state index contributed by atoms with van der Waals surface area (Å²) < 4.78 is 9.45. The van der Waals surface area contributed by atoms with E-state index >= 15 is 0 Å². The van der Waals surface area contributed by atoms with Crippen LogP contribution >= 0.6 is 0 Å². The highest BCUT2D eigenvalue weighted by Gasteiger charge is 2.24. The van der Waals surface area contributed by atoms with E-state index in [-0.39, 0.29) is 19.4 Å². The molecule has 0 aliphatic heterocycles. The molecule has 0 aromatic rings. The van der Waals surface area contributed by atoms with Crippen LogP contribution in [0.1, 0.15) is 47.0 Å². The minimum absolute atomic E-state index is 0.264. The maximum absolute atomic E-state index is 11.5. The number of alkyl carbamates (subject to hydrolysis) is 1. The molecule has 0 fully saturated rings. The van der Waals surface area contributed by atoms with Gasteiger partial charge >= 0.3 is 12.1 Å². The third kappa shape index (κ3) is 9.10. The monoisotopic (exact) mass is 315 g/mol. The summed E-state index contributed by atoms with van der Waals surface area (Å²) in [5, 5.41) is 2.16. The Morgan fingerprint density at radius 1 is 1.14 bits per heavy atom. The van der Waals surface area contributed by atoms with Crippen molar-refractivity contribution in [3.63, 3.8) is 0 Å². The van der Waals surface area contributed by atoms with Crippen LogP contribution in [0.5, 0.6) is 0 Å². The van der Waals surface area contributed by atoms with Crippen LogP contribution < -0.4 is 5.32 Å². The van der Waals surface area contributed by atoms with Gasteiger partial charge in [-0.1, -0.05) is 34.1 Å². The van der Waals surface area contributed by atoms with Crippen molar-refractivity contribution >= 4 is 24.1 Å². The molecule has 0 aromatic heterocycles. The molecule has 0 saturated carbocycles. The maximum atomic E-state index is 11.5. The van der Waals surface area contributed by atoms with Gasteiger partial charge in [-0.2, -0.15) is 0 Å². The summed E-state index contributed by atoms with van der Waals surface area (Å²) in [6.07, 6.45) is -0.250. The van der Waals surface area contributed by atoms with E-state index in [2.05, 4.69) is 23.9 Å². The first kappa shape index (κ1) is 20.1. The van der Waals surface area contributed by atoms with Crippen molar-refractivity contribution in [3.05, 3.63) is 0 Å². The standard InChI is InChI=1S/C15H25NO6/c1-10(2)6-5-7-13(18)21-9-16-15(20)22-12(8-17)14(19)11(3)4/h8,10-12H,5-7,9H2,1-4H3,(H,16,20)/t12-/m1/s1. The minimum Gasteiger partial charge on any atom is -0.444 e. The molecule has 0 aromatic carbocycles. The van der Waals surface area contributed by atoms with Gasteiger partial charge in [0.05, 0.1) is 0 Å². The van der Waals surface area contributed by atoms with Crippen LogP contribution in [0.3, 0.4) is 0 Å². The fraction of sp³-hybridized carbons (Fsp3) is 0.733. The molecule has 126 valence electrons. The van der Waals surface area contributed by atoms with Crippen LogP contribution in [0.4, 0.5) is 4.79 Å². The predicted octanol–water partition coefficient (Wildman–Crippen LogP) is 1.83. The molecule has 0 radical (unpaired) electrons. The molecule has 22 heavy (non-hydrogen) atoms. The van der Waals surface area contributed by atoms with Gasteiger partial charge in [0, 0.05) is 12.3 Å². The van der Waals surface area contributed by atoms with Crippen LogP contribution in [-0.4, -0.2) is 37.0 Å². The van der Waals surface area contributed by atoms with Crippen molar-refractivity contribution in [2.24, 2.45) is 11.8 Å². The van der Waals surface area contributed by atoms with E-state index in [0.29, 0.717) is 5.92 Å². The topological polar surface area (TPSA) is 98.8 Å². The summed E-state index contributed by atoms with van der Waals surface area (Å²) >= 11 is 0. The van der Waals surface area contributed by atoms with Crippen molar-refractivity contribution in [1.82, 2.24) is 5.32 Å². The van der Waals surface area contributed by atoms with Gasteiger partial charge in [-0.3, -0.25) is 19.7 Å². The molecule has 0 spiro atoms. The Morgan fingerprint density at radius 2 is 1.77 bits per heavy atom. The number of rotatable bonds is 10. The normalized spacial score (nSPS) is 11.9. The Bertz CT molecular complexity index is 391. The van der Waals surface area contributed by atoms with Crippen LogP contribution in [-0.2, 0) is 23.9 Å². The molecule has 1 N–H and O–H groups in total. The third-order valence-electron chi connectivity index (χ3n) is 2.82. The number of aldehydes is 1. The van der Waals surface area contributed by atoms with E-state index in [1.165, 1.54) is 0 Å². The number of ether oxygens (including phenoxy) is 2. The van der Waals surface area contributed by atoms with Crippen molar-refractivity contribution in [2.75, 3.05) is 6.73 Å². The smallest absolute Gasteiger partial charge is 0.410 e. The number of ketones is 1. The zero-order valence-electron chi connectivity index (χ0n) is 13.6. The van der Waals surface area contributed by atoms with Gasteiger partial charge in [0.2, 0.25) is 6.10 Å². The first-order chi connectivity index (χ1) is 10.3. The highest BCUT2D eigenvalue weighted by atomic mass is 16.6. The molecule has 0 rings (SSSR count). The average Bonchev–Trinajstić information content (AvgIpc) is 2.43. The Hall–Kier alpha value is -1.92. The molecule has 7 nitrogen and oxygen atoms in total. The molecular weight excluding hydrogens is 290 g/mol. The van der Waals surface area contributed by atoms with Crippen molar-refractivity contribution in [2.45, 2.75) is 53.1 Å². The first-order valence-electron chi connectivity index (χ1n) is 7.37. The number of Topliss-reactive ketones (excluding diaryl/α,β-unsaturated/α-hetero) is 1. The zero-order chi connectivity index (χ0) is 17.1. The van der Waals surface area contributed by atoms with Crippen molar-refractivity contribution in [3.8, 4) is 0 Å². The predicted molar refractivity (Wildman–Crippen MR) is 79.0 cm³/mol. The second kappa shape index (κ2) is 10.8. The second-order valence-corrected chi connectivity index (χ2v) is 5.64. The Labute approximate surface area is 130 Å². The van der Waals surface area contributed by atoms with Gasteiger partial charge < -0.3 is 9.47 Å². The van der Waals surface area contributed by atoms with Crippen LogP contribution in [0.25, 0.3) is 0 Å². The maximum Gasteiger partial charge on any atom is 0.410 e. The van der Waals surface area contributed by atoms with E-state index < -0.39 is 29.9 Å². The number of nitrogens with one attached hydrogen (secondary N) is 1. The number of esters is 1. The molecule has 0 saturated heterocycles. The molecule has 0 heterocycles. The fourth-order valence-electron chi connectivity index (χ4n) is 1.54. The van der Waals surface area contributed by atoms with Crippen molar-refractivity contribution in [1.29, 1.82) is 0 Å². The fourth-order valence-corrected chi connectivity index (χ4v) is 1.54. The summed E-state index contributed by atoms with van der Waals surface area (Å²) in [6.45, 7) is 6.95. The molecule has 1 amide bonds. The van der Waals surface area contributed by atoms with Crippen molar-refractivity contribution < 1.29 is 28.7 Å². The average molecular weight is 315 g/mol. The Balaban J connectivity index is 3.96. The summed E-state index contributed by atoms with van der Waals surface area (Å²) in [4.78, 5) is 45.0. The summed E-state index contributed by atoms with van der Waals surface area (Å²) in [5.74, 6) is -0.830. The molecule has 1 atom stereocenters. The summed E-state index contributed by atoms with van der Waals surface area (Å²) in [5.41, 5.74) is 0. The third-order valence-corrected chi connectivity index (χ3v) is 2.82. The summed E-state index contributed by atoms with van der Waals surface area (Å²) in [7, 11) is 0. The number of carbonyl (C=O) groups is 4. The quantitative estimate of drug-likeness (QED) is 0.286. The SMILES string of the molecule is CC(C)CCCC(=O)OCNC(=O)O[C@H](C=O)C(=O)C(C)C. The molecule has 0 bridgehead atoms. The van der Waals surface area contributed by atoms with Gasteiger partial charge in [-0.05, 0) is 12.3 Å². The minimum atomic E-state index is -1.44. The van der Waals surface area contributed by atoms with Gasteiger partial charge in [-0.25, -0.2) is 4.79 Å². The van der Waals surface area contributed by atoms with Gasteiger partial charge in [0.15, 0.2) is 18.8 Å². The summed E-state index contributed by atoms with van der Waals surface area (Å²) in [6, 6.07) is 0. The Morgan fingerprint density at radius 3 is 2.27 bits per heavy atom. The number of hydrogen-bond donors (Lipinski definition) is 1. The highest BCUT2D eigenvalue weighted by Crippen LogP contribution is 2.06. The lowest BCUT2D eigenvalue weighted by Gasteiger charge is -2.13. The lowest BCUT2D eigenvalue weighted by Crippen LogP contribution is -2.37. The van der Waals surface area contributed by atoms with Crippen LogP contribution in [0.2, 0.25) is 0 Å². The lowest BCUT2D eigenvalue weighted by molar-refractivity contribution is -0.145. The van der Waals surface area contributed by atoms with Crippen LogP contribution in [0, 0.1) is 11.8 Å². The zero-order valence-corrected chi connectivity index (χ0v) is 13.6. The molecule has 0 aliphatic carbocycles. The first-order valence-corrected chi connectivity index (χ1v) is 7.37. The van der Waals surface area contributed by atoms with E-state index in [1.807, 2.05) is 0 Å². The Kier molecular flexibility index (Phi) is 9.82. The van der Waals surface area contributed by atoms with Crippen LogP contribution in [0.15, 0.2) is 0 Å². The van der Waals surface area contributed by atoms with Gasteiger partial charge in [0.25, 0.3) is 0 Å². The molecule has 7 heteroatoms. The van der Waals surface area contributed by atoms with Gasteiger partial charge in [0.1, 0.15) is 0 Å². The number of hydrogen-bond acceptors (Lipinski definition) is 6. The largest absolute Gasteiger partial charge is 0.444 e. The lowest BCUT2D eigenvalue weighted by atomic mass is 10.1. The van der Waals surface area contributed by atoms with Gasteiger partial charge in [-0.15, -0.1) is 0 Å². The second-order valence-electron chi connectivity index (χ2n) is 5.64.